The number of nitrogens with two attached hydrogens (primary N) is 1. The Kier molecular flexibility index (Phi) is 5.59. The standard InChI is InChI=1S/C19H23NO/c1-3-15(2)12-19(20)17-10-7-11-18(13-17)21-14-16-8-5-4-6-9-16/h4-11,13,19H,2-3,12,14,20H2,1H3. The molecule has 0 radical (unpaired) electrons. The summed E-state index contributed by atoms with van der Waals surface area (Å²) in [4.78, 5) is 0. The van der Waals surface area contributed by atoms with Gasteiger partial charge in [0, 0.05) is 6.04 Å². The van der Waals surface area contributed by atoms with Crippen LogP contribution in [-0.4, -0.2) is 0 Å². The molecule has 0 aromatic heterocycles. The van der Waals surface area contributed by atoms with Crippen LogP contribution in [-0.2, 0) is 6.61 Å². The van der Waals surface area contributed by atoms with Crippen molar-refractivity contribution in [2.75, 3.05) is 0 Å². The second-order valence-corrected chi connectivity index (χ2v) is 5.26. The Labute approximate surface area is 127 Å². The van der Waals surface area contributed by atoms with Crippen LogP contribution in [0.2, 0.25) is 0 Å². The quantitative estimate of drug-likeness (QED) is 0.751. The molecule has 1 atom stereocenters. The van der Waals surface area contributed by atoms with Crippen LogP contribution in [0.4, 0.5) is 0 Å². The molecule has 0 saturated carbocycles. The van der Waals surface area contributed by atoms with Gasteiger partial charge in [0.25, 0.3) is 0 Å². The molecule has 0 spiro atoms. The lowest BCUT2D eigenvalue weighted by molar-refractivity contribution is 0.305. The van der Waals surface area contributed by atoms with Gasteiger partial charge in [-0.05, 0) is 36.1 Å². The summed E-state index contributed by atoms with van der Waals surface area (Å²) in [5, 5.41) is 0. The van der Waals surface area contributed by atoms with E-state index in [0.717, 1.165) is 29.7 Å². The van der Waals surface area contributed by atoms with Gasteiger partial charge < -0.3 is 10.5 Å². The highest BCUT2D eigenvalue weighted by Gasteiger charge is 2.08. The first kappa shape index (κ1) is 15.3. The van der Waals surface area contributed by atoms with Crippen molar-refractivity contribution in [1.82, 2.24) is 0 Å². The number of hydrogen-bond acceptors (Lipinski definition) is 2. The molecule has 21 heavy (non-hydrogen) atoms. The zero-order valence-corrected chi connectivity index (χ0v) is 12.6. The van der Waals surface area contributed by atoms with Crippen LogP contribution in [0.15, 0.2) is 66.7 Å². The third-order valence-electron chi connectivity index (χ3n) is 3.54. The predicted molar refractivity (Wildman–Crippen MR) is 88.2 cm³/mol. The zero-order chi connectivity index (χ0) is 15.1. The van der Waals surface area contributed by atoms with E-state index in [1.165, 1.54) is 5.57 Å². The molecule has 110 valence electrons. The average molecular weight is 281 g/mol. The molecular weight excluding hydrogens is 258 g/mol. The van der Waals surface area contributed by atoms with Crippen molar-refractivity contribution >= 4 is 0 Å². The second kappa shape index (κ2) is 7.65. The minimum Gasteiger partial charge on any atom is -0.489 e. The molecule has 0 saturated heterocycles. The molecule has 2 rings (SSSR count). The molecule has 2 nitrogen and oxygen atoms in total. The van der Waals surface area contributed by atoms with E-state index >= 15 is 0 Å². The zero-order valence-electron chi connectivity index (χ0n) is 12.6. The van der Waals surface area contributed by atoms with Crippen LogP contribution in [0.1, 0.15) is 36.9 Å². The average Bonchev–Trinajstić information content (AvgIpc) is 2.54. The van der Waals surface area contributed by atoms with Gasteiger partial charge in [-0.2, -0.15) is 0 Å². The predicted octanol–water partition coefficient (Wildman–Crippen LogP) is 4.62. The normalized spacial score (nSPS) is 11.9. The maximum Gasteiger partial charge on any atom is 0.120 e. The summed E-state index contributed by atoms with van der Waals surface area (Å²) in [7, 11) is 0. The molecule has 2 aromatic carbocycles. The smallest absolute Gasteiger partial charge is 0.120 e. The van der Waals surface area contributed by atoms with Crippen molar-refractivity contribution in [3.05, 3.63) is 77.9 Å². The molecule has 1 unspecified atom stereocenters. The van der Waals surface area contributed by atoms with E-state index in [9.17, 15) is 0 Å². The fourth-order valence-electron chi connectivity index (χ4n) is 2.15. The lowest BCUT2D eigenvalue weighted by Crippen LogP contribution is -2.11. The highest BCUT2D eigenvalue weighted by atomic mass is 16.5. The van der Waals surface area contributed by atoms with Crippen LogP contribution in [0, 0.1) is 0 Å². The Hall–Kier alpha value is -2.06. The fourth-order valence-corrected chi connectivity index (χ4v) is 2.15. The molecule has 2 N–H and O–H groups in total. The Bertz CT molecular complexity index is 577. The minimum absolute atomic E-state index is 0.0160. The van der Waals surface area contributed by atoms with E-state index in [4.69, 9.17) is 10.5 Å². The van der Waals surface area contributed by atoms with Crippen LogP contribution in [0.3, 0.4) is 0 Å². The molecule has 0 amide bonds. The summed E-state index contributed by atoms with van der Waals surface area (Å²) in [6.45, 7) is 6.70. The van der Waals surface area contributed by atoms with Gasteiger partial charge in [0.2, 0.25) is 0 Å². The van der Waals surface area contributed by atoms with Gasteiger partial charge >= 0.3 is 0 Å². The summed E-state index contributed by atoms with van der Waals surface area (Å²) in [5.41, 5.74) is 9.66. The Morgan fingerprint density at radius 1 is 1.14 bits per heavy atom. The molecule has 2 heteroatoms. The summed E-state index contributed by atoms with van der Waals surface area (Å²) >= 11 is 0. The molecule has 2 aromatic rings. The first-order valence-electron chi connectivity index (χ1n) is 7.38. The molecular formula is C19H23NO. The van der Waals surface area contributed by atoms with Crippen molar-refractivity contribution in [1.29, 1.82) is 0 Å². The number of rotatable bonds is 7. The van der Waals surface area contributed by atoms with Crippen LogP contribution in [0.5, 0.6) is 5.75 Å². The van der Waals surface area contributed by atoms with Crippen molar-refractivity contribution in [3.63, 3.8) is 0 Å². The van der Waals surface area contributed by atoms with E-state index in [-0.39, 0.29) is 6.04 Å². The van der Waals surface area contributed by atoms with Crippen LogP contribution in [0.25, 0.3) is 0 Å². The van der Waals surface area contributed by atoms with E-state index in [2.05, 4.69) is 25.6 Å². The van der Waals surface area contributed by atoms with Gasteiger partial charge in [0.1, 0.15) is 12.4 Å². The maximum absolute atomic E-state index is 6.23. The van der Waals surface area contributed by atoms with Gasteiger partial charge in [0.05, 0.1) is 0 Å². The second-order valence-electron chi connectivity index (χ2n) is 5.26. The molecule has 0 heterocycles. The van der Waals surface area contributed by atoms with Gasteiger partial charge in [0.15, 0.2) is 0 Å². The van der Waals surface area contributed by atoms with Gasteiger partial charge in [-0.1, -0.05) is 61.5 Å². The summed E-state index contributed by atoms with van der Waals surface area (Å²) < 4.78 is 5.84. The Balaban J connectivity index is 1.99. The molecule has 0 bridgehead atoms. The lowest BCUT2D eigenvalue weighted by atomic mass is 9.99. The Morgan fingerprint density at radius 3 is 2.62 bits per heavy atom. The third kappa shape index (κ3) is 4.76. The largest absolute Gasteiger partial charge is 0.489 e. The summed E-state index contributed by atoms with van der Waals surface area (Å²) in [5.74, 6) is 0.855. The fraction of sp³-hybridized carbons (Fsp3) is 0.263. The van der Waals surface area contributed by atoms with Gasteiger partial charge in [-0.3, -0.25) is 0 Å². The summed E-state index contributed by atoms with van der Waals surface area (Å²) in [6.07, 6.45) is 1.79. The van der Waals surface area contributed by atoms with E-state index in [0.29, 0.717) is 6.61 Å². The highest BCUT2D eigenvalue weighted by molar-refractivity contribution is 5.31. The van der Waals surface area contributed by atoms with Crippen molar-refractivity contribution < 1.29 is 4.74 Å². The van der Waals surface area contributed by atoms with E-state index in [1.54, 1.807) is 0 Å². The van der Waals surface area contributed by atoms with Gasteiger partial charge in [-0.15, -0.1) is 0 Å². The molecule has 0 aliphatic rings. The number of hydrogen-bond donors (Lipinski definition) is 1. The van der Waals surface area contributed by atoms with E-state index in [1.807, 2.05) is 42.5 Å². The number of benzene rings is 2. The Morgan fingerprint density at radius 2 is 1.90 bits per heavy atom. The number of ether oxygens (including phenoxy) is 1. The highest BCUT2D eigenvalue weighted by Crippen LogP contribution is 2.23. The monoisotopic (exact) mass is 281 g/mol. The molecule has 0 fully saturated rings. The lowest BCUT2D eigenvalue weighted by Gasteiger charge is -2.14. The SMILES string of the molecule is C=C(CC)CC(N)c1cccc(OCc2ccccc2)c1. The van der Waals surface area contributed by atoms with E-state index < -0.39 is 0 Å². The minimum atomic E-state index is -0.0160. The van der Waals surface area contributed by atoms with Crippen molar-refractivity contribution in [3.8, 4) is 5.75 Å². The topological polar surface area (TPSA) is 35.2 Å². The summed E-state index contributed by atoms with van der Waals surface area (Å²) in [6, 6.07) is 18.2. The first-order chi connectivity index (χ1) is 10.2. The molecule has 0 aliphatic carbocycles. The van der Waals surface area contributed by atoms with Crippen LogP contribution < -0.4 is 10.5 Å². The first-order valence-corrected chi connectivity index (χ1v) is 7.38. The molecule has 0 aliphatic heterocycles. The van der Waals surface area contributed by atoms with Crippen LogP contribution >= 0.6 is 0 Å². The third-order valence-corrected chi connectivity index (χ3v) is 3.54. The van der Waals surface area contributed by atoms with Crippen molar-refractivity contribution in [2.24, 2.45) is 5.73 Å². The van der Waals surface area contributed by atoms with Gasteiger partial charge in [-0.25, -0.2) is 0 Å². The maximum atomic E-state index is 6.23. The van der Waals surface area contributed by atoms with Crippen molar-refractivity contribution in [2.45, 2.75) is 32.4 Å².